The van der Waals surface area contributed by atoms with Crippen molar-refractivity contribution in [3.05, 3.63) is 107 Å². The smallest absolute Gasteiger partial charge is 0.291 e. The molecule has 1 fully saturated rings. The fourth-order valence-corrected chi connectivity index (χ4v) is 7.10. The molecule has 2 aliphatic rings. The maximum atomic E-state index is 14.3. The first-order chi connectivity index (χ1) is 19.9. The molecule has 0 radical (unpaired) electrons. The summed E-state index contributed by atoms with van der Waals surface area (Å²) in [4.78, 5) is 21.3. The second-order valence-electron chi connectivity index (χ2n) is 10.4. The topological polar surface area (TPSA) is 98.0 Å². The molecule has 1 aliphatic carbocycles. The van der Waals surface area contributed by atoms with E-state index in [1.807, 2.05) is 0 Å². The SMILES string of the molecule is Cc1ccnc(C(=O)[C@]23Cc4cnn(-c5ccc(F)cc5)c4C=C2CCN(S(=O)(=O)c2ccnc(C(F)(F)F)c2)C3)c1. The van der Waals surface area contributed by atoms with Crippen LogP contribution >= 0.6 is 0 Å². The summed E-state index contributed by atoms with van der Waals surface area (Å²) in [5.41, 5.74) is 0.826. The zero-order valence-corrected chi connectivity index (χ0v) is 23.0. The monoisotopic (exact) mass is 597 g/mol. The Kier molecular flexibility index (Phi) is 6.61. The highest BCUT2D eigenvalue weighted by Gasteiger charge is 2.51. The second kappa shape index (κ2) is 9.95. The van der Waals surface area contributed by atoms with E-state index in [1.54, 1.807) is 48.1 Å². The van der Waals surface area contributed by atoms with Crippen LogP contribution in [0.15, 0.2) is 77.6 Å². The van der Waals surface area contributed by atoms with E-state index in [2.05, 4.69) is 15.1 Å². The highest BCUT2D eigenvalue weighted by molar-refractivity contribution is 7.89. The number of benzene rings is 1. The van der Waals surface area contributed by atoms with Gasteiger partial charge in [-0.2, -0.15) is 22.6 Å². The molecule has 8 nitrogen and oxygen atoms in total. The molecule has 0 bridgehead atoms. The van der Waals surface area contributed by atoms with Gasteiger partial charge in [-0.15, -0.1) is 0 Å². The number of nitrogens with zero attached hydrogens (tertiary/aromatic N) is 5. The molecular weight excluding hydrogens is 574 g/mol. The van der Waals surface area contributed by atoms with Crippen molar-refractivity contribution in [1.29, 1.82) is 0 Å². The first kappa shape index (κ1) is 27.9. The number of carbonyl (C=O) groups is 1. The molecular formula is C29H23F4N5O3S. The van der Waals surface area contributed by atoms with Gasteiger partial charge in [0.25, 0.3) is 0 Å². The molecule has 0 spiro atoms. The van der Waals surface area contributed by atoms with Crippen LogP contribution in [0.3, 0.4) is 0 Å². The van der Waals surface area contributed by atoms with Crippen LogP contribution in [0.1, 0.15) is 39.4 Å². The third-order valence-corrected chi connectivity index (χ3v) is 9.54. The molecule has 4 aromatic rings. The predicted molar refractivity (Wildman–Crippen MR) is 144 cm³/mol. The van der Waals surface area contributed by atoms with Crippen LogP contribution in [0.25, 0.3) is 11.8 Å². The van der Waals surface area contributed by atoms with Gasteiger partial charge in [0, 0.05) is 25.5 Å². The number of pyridine rings is 2. The van der Waals surface area contributed by atoms with Crippen molar-refractivity contribution in [2.24, 2.45) is 5.41 Å². The average molecular weight is 598 g/mol. The van der Waals surface area contributed by atoms with Crippen LogP contribution in [0.4, 0.5) is 17.6 Å². The number of halogens is 4. The third-order valence-electron chi connectivity index (χ3n) is 7.69. The van der Waals surface area contributed by atoms with E-state index in [0.29, 0.717) is 28.6 Å². The second-order valence-corrected chi connectivity index (χ2v) is 12.3. The van der Waals surface area contributed by atoms with E-state index in [-0.39, 0.29) is 31.6 Å². The minimum atomic E-state index is -4.83. The summed E-state index contributed by atoms with van der Waals surface area (Å²) in [7, 11) is -4.44. The maximum Gasteiger partial charge on any atom is 0.433 e. The van der Waals surface area contributed by atoms with Gasteiger partial charge in [-0.3, -0.25) is 14.8 Å². The highest BCUT2D eigenvalue weighted by Crippen LogP contribution is 2.47. The summed E-state index contributed by atoms with van der Waals surface area (Å²) in [6.07, 6.45) is 1.08. The number of ketones is 1. The molecule has 216 valence electrons. The van der Waals surface area contributed by atoms with Crippen LogP contribution in [0.2, 0.25) is 0 Å². The fourth-order valence-electron chi connectivity index (χ4n) is 5.59. The summed E-state index contributed by atoms with van der Waals surface area (Å²) in [6, 6.07) is 10.6. The summed E-state index contributed by atoms with van der Waals surface area (Å²) < 4.78 is 83.6. The number of hydrogen-bond acceptors (Lipinski definition) is 6. The first-order valence-electron chi connectivity index (χ1n) is 12.9. The highest BCUT2D eigenvalue weighted by atomic mass is 32.2. The van der Waals surface area contributed by atoms with Crippen LogP contribution in [-0.4, -0.2) is 51.3 Å². The van der Waals surface area contributed by atoms with E-state index in [9.17, 15) is 30.8 Å². The number of hydrogen-bond donors (Lipinski definition) is 0. The summed E-state index contributed by atoms with van der Waals surface area (Å²) in [6.45, 7) is 1.44. The predicted octanol–water partition coefficient (Wildman–Crippen LogP) is 5.03. The lowest BCUT2D eigenvalue weighted by Crippen LogP contribution is -2.53. The Balaban J connectivity index is 1.45. The molecule has 1 aromatic carbocycles. The summed E-state index contributed by atoms with van der Waals surface area (Å²) in [5.74, 6) is -0.804. The Bertz CT molecular complexity index is 1850. The Morgan fingerprint density at radius 3 is 2.48 bits per heavy atom. The molecule has 1 atom stereocenters. The molecule has 3 aromatic heterocycles. The molecule has 1 saturated heterocycles. The van der Waals surface area contributed by atoms with Gasteiger partial charge in [-0.1, -0.05) is 5.57 Å². The largest absolute Gasteiger partial charge is 0.433 e. The van der Waals surface area contributed by atoms with Gasteiger partial charge >= 0.3 is 6.18 Å². The number of Topliss-reactive ketones (excluding diaryl/α,β-unsaturated/α-hetero) is 1. The number of piperidine rings is 1. The number of fused-ring (bicyclic) bond motifs is 2. The van der Waals surface area contributed by atoms with Crippen molar-refractivity contribution >= 4 is 21.9 Å². The standard InChI is InChI=1S/C29H23F4N5O3S/c1-18-6-9-34-24(12-18)27(39)28-15-19-16-36-38(22-4-2-21(30)3-5-22)25(19)13-20(28)8-11-37(17-28)42(40,41)23-7-10-35-26(14-23)29(31,32)33/h2-7,9-10,12-14,16H,8,11,15,17H2,1H3/t28-/m0/s1. The van der Waals surface area contributed by atoms with Crippen molar-refractivity contribution in [3.63, 3.8) is 0 Å². The van der Waals surface area contributed by atoms with E-state index in [1.165, 1.54) is 18.3 Å². The minimum absolute atomic E-state index is 0.0614. The zero-order chi connectivity index (χ0) is 29.9. The quantitative estimate of drug-likeness (QED) is 0.237. The molecule has 42 heavy (non-hydrogen) atoms. The Labute approximate surface area is 238 Å². The molecule has 6 rings (SSSR count). The van der Waals surface area contributed by atoms with Crippen molar-refractivity contribution in [2.45, 2.75) is 30.8 Å². The number of aryl methyl sites for hydroxylation is 1. The Morgan fingerprint density at radius 2 is 1.76 bits per heavy atom. The lowest BCUT2D eigenvalue weighted by Gasteiger charge is -2.44. The molecule has 4 heterocycles. The van der Waals surface area contributed by atoms with E-state index < -0.39 is 43.8 Å². The molecule has 1 aliphatic heterocycles. The van der Waals surface area contributed by atoms with Crippen molar-refractivity contribution in [2.75, 3.05) is 13.1 Å². The fraction of sp³-hybridized carbons (Fsp3) is 0.241. The number of sulfonamides is 1. The van der Waals surface area contributed by atoms with Gasteiger partial charge in [-0.25, -0.2) is 17.5 Å². The van der Waals surface area contributed by atoms with Crippen LogP contribution < -0.4 is 0 Å². The normalized spacial score (nSPS) is 19.1. The molecule has 0 saturated carbocycles. The van der Waals surface area contributed by atoms with Crippen molar-refractivity contribution in [1.82, 2.24) is 24.1 Å². The van der Waals surface area contributed by atoms with Gasteiger partial charge in [0.05, 0.1) is 27.9 Å². The zero-order valence-electron chi connectivity index (χ0n) is 22.1. The van der Waals surface area contributed by atoms with E-state index >= 15 is 0 Å². The van der Waals surface area contributed by atoms with E-state index in [4.69, 9.17) is 0 Å². The minimum Gasteiger partial charge on any atom is -0.291 e. The molecule has 13 heteroatoms. The Hall–Kier alpha value is -4.23. The van der Waals surface area contributed by atoms with Gasteiger partial charge in [0.15, 0.2) is 5.78 Å². The average Bonchev–Trinajstić information content (AvgIpc) is 3.37. The summed E-state index contributed by atoms with van der Waals surface area (Å²) in [5, 5.41) is 4.46. The van der Waals surface area contributed by atoms with Crippen LogP contribution in [-0.2, 0) is 22.6 Å². The number of carbonyl (C=O) groups excluding carboxylic acids is 1. The molecule has 0 amide bonds. The Morgan fingerprint density at radius 1 is 1.02 bits per heavy atom. The van der Waals surface area contributed by atoms with Crippen molar-refractivity contribution < 1.29 is 30.8 Å². The lowest BCUT2D eigenvalue weighted by molar-refractivity contribution is -0.141. The van der Waals surface area contributed by atoms with E-state index in [0.717, 1.165) is 22.1 Å². The number of alkyl halides is 3. The third kappa shape index (κ3) is 4.71. The number of aromatic nitrogens is 4. The molecule has 0 unspecified atom stereocenters. The van der Waals surface area contributed by atoms with Gasteiger partial charge in [0.1, 0.15) is 17.2 Å². The van der Waals surface area contributed by atoms with Crippen LogP contribution in [0.5, 0.6) is 0 Å². The maximum absolute atomic E-state index is 14.3. The van der Waals surface area contributed by atoms with Crippen LogP contribution in [0, 0.1) is 18.2 Å². The first-order valence-corrected chi connectivity index (χ1v) is 14.4. The van der Waals surface area contributed by atoms with Crippen molar-refractivity contribution in [3.8, 4) is 5.69 Å². The summed E-state index contributed by atoms with van der Waals surface area (Å²) >= 11 is 0. The lowest BCUT2D eigenvalue weighted by atomic mass is 9.65. The molecule has 0 N–H and O–H groups in total. The van der Waals surface area contributed by atoms with Gasteiger partial charge in [-0.05, 0) is 85.5 Å². The number of rotatable bonds is 5. The van der Waals surface area contributed by atoms with Gasteiger partial charge < -0.3 is 0 Å². The van der Waals surface area contributed by atoms with Gasteiger partial charge in [0.2, 0.25) is 10.0 Å².